The Morgan fingerprint density at radius 3 is 2.73 bits per heavy atom. The van der Waals surface area contributed by atoms with Crippen molar-refractivity contribution in [1.82, 2.24) is 4.98 Å². The van der Waals surface area contributed by atoms with Gasteiger partial charge in [0.05, 0.1) is 5.69 Å². The van der Waals surface area contributed by atoms with Crippen molar-refractivity contribution in [3.05, 3.63) is 10.6 Å². The fourth-order valence-corrected chi connectivity index (χ4v) is 2.13. The van der Waals surface area contributed by atoms with Crippen LogP contribution in [-0.2, 0) is 0 Å². The van der Waals surface area contributed by atoms with Crippen LogP contribution < -0.4 is 4.90 Å². The number of carboxylic acid groups (broad SMARTS) is 1. The van der Waals surface area contributed by atoms with E-state index in [-0.39, 0.29) is 0 Å². The zero-order valence-corrected chi connectivity index (χ0v) is 10.1. The molecular formula is C10H16N2O2S. The van der Waals surface area contributed by atoms with Crippen molar-refractivity contribution in [2.45, 2.75) is 26.7 Å². The van der Waals surface area contributed by atoms with E-state index in [1.807, 2.05) is 11.9 Å². The molecular weight excluding hydrogens is 212 g/mol. The van der Waals surface area contributed by atoms with Gasteiger partial charge in [0.2, 0.25) is 0 Å². The van der Waals surface area contributed by atoms with Gasteiger partial charge in [-0.2, -0.15) is 0 Å². The number of aromatic nitrogens is 1. The number of unbranched alkanes of at least 4 members (excludes halogenated alkanes) is 1. The molecule has 0 unspecified atom stereocenters. The summed E-state index contributed by atoms with van der Waals surface area (Å²) in [6.45, 7) is 4.78. The fraction of sp³-hybridized carbons (Fsp3) is 0.600. The number of anilines is 1. The smallest absolute Gasteiger partial charge is 0.347 e. The lowest BCUT2D eigenvalue weighted by atomic mass is 10.3. The number of hydrogen-bond donors (Lipinski definition) is 1. The van der Waals surface area contributed by atoms with Crippen LogP contribution in [0.25, 0.3) is 0 Å². The molecule has 4 nitrogen and oxygen atoms in total. The van der Waals surface area contributed by atoms with Gasteiger partial charge in [-0.05, 0) is 13.3 Å². The molecule has 0 aliphatic carbocycles. The zero-order valence-electron chi connectivity index (χ0n) is 9.28. The molecule has 1 heterocycles. The van der Waals surface area contributed by atoms with E-state index in [0.29, 0.717) is 10.6 Å². The molecule has 1 aromatic rings. The number of rotatable bonds is 5. The molecule has 1 N–H and O–H groups in total. The topological polar surface area (TPSA) is 53.4 Å². The predicted molar refractivity (Wildman–Crippen MR) is 62.0 cm³/mol. The first-order chi connectivity index (χ1) is 7.06. The minimum Gasteiger partial charge on any atom is -0.477 e. The van der Waals surface area contributed by atoms with E-state index in [1.165, 1.54) is 11.3 Å². The van der Waals surface area contributed by atoms with Crippen LogP contribution in [0, 0.1) is 6.92 Å². The lowest BCUT2D eigenvalue weighted by Gasteiger charge is -2.14. The Morgan fingerprint density at radius 2 is 2.27 bits per heavy atom. The molecule has 0 radical (unpaired) electrons. The van der Waals surface area contributed by atoms with Crippen LogP contribution in [-0.4, -0.2) is 29.7 Å². The van der Waals surface area contributed by atoms with Crippen LogP contribution in [0.15, 0.2) is 0 Å². The second kappa shape index (κ2) is 5.11. The van der Waals surface area contributed by atoms with E-state index in [2.05, 4.69) is 11.9 Å². The van der Waals surface area contributed by atoms with Gasteiger partial charge in [0.25, 0.3) is 0 Å². The summed E-state index contributed by atoms with van der Waals surface area (Å²) in [4.78, 5) is 17.4. The molecule has 1 rings (SSSR count). The number of carboxylic acids is 1. The molecule has 0 atom stereocenters. The molecule has 0 aromatic carbocycles. The average molecular weight is 228 g/mol. The summed E-state index contributed by atoms with van der Waals surface area (Å²) in [5.41, 5.74) is 0.603. The predicted octanol–water partition coefficient (Wildman–Crippen LogP) is 2.39. The van der Waals surface area contributed by atoms with Crippen molar-refractivity contribution >= 4 is 22.4 Å². The summed E-state index contributed by atoms with van der Waals surface area (Å²) in [6, 6.07) is 0. The molecule has 84 valence electrons. The highest BCUT2D eigenvalue weighted by atomic mass is 32.1. The van der Waals surface area contributed by atoms with Gasteiger partial charge < -0.3 is 10.0 Å². The first-order valence-electron chi connectivity index (χ1n) is 4.98. The molecule has 0 saturated heterocycles. The second-order valence-electron chi connectivity index (χ2n) is 3.49. The average Bonchev–Trinajstić information content (AvgIpc) is 2.56. The maximum Gasteiger partial charge on any atom is 0.347 e. The molecule has 0 saturated carbocycles. The van der Waals surface area contributed by atoms with Crippen molar-refractivity contribution in [3.8, 4) is 0 Å². The molecule has 0 aliphatic heterocycles. The van der Waals surface area contributed by atoms with Gasteiger partial charge in [0.1, 0.15) is 4.88 Å². The van der Waals surface area contributed by atoms with Gasteiger partial charge in [0.15, 0.2) is 5.13 Å². The fourth-order valence-electron chi connectivity index (χ4n) is 1.23. The normalized spacial score (nSPS) is 10.3. The Bertz CT molecular complexity index is 349. The lowest BCUT2D eigenvalue weighted by Crippen LogP contribution is -2.17. The Labute approximate surface area is 93.6 Å². The summed E-state index contributed by atoms with van der Waals surface area (Å²) >= 11 is 1.24. The zero-order chi connectivity index (χ0) is 11.4. The molecule has 1 aromatic heterocycles. The molecule has 0 spiro atoms. The number of thiazole rings is 1. The Morgan fingerprint density at radius 1 is 1.60 bits per heavy atom. The molecule has 0 aliphatic rings. The maximum atomic E-state index is 10.8. The highest BCUT2D eigenvalue weighted by Gasteiger charge is 2.15. The van der Waals surface area contributed by atoms with E-state index in [1.54, 1.807) is 6.92 Å². The van der Waals surface area contributed by atoms with E-state index in [4.69, 9.17) is 5.11 Å². The molecule has 5 heteroatoms. The van der Waals surface area contributed by atoms with Crippen LogP contribution in [0.3, 0.4) is 0 Å². The number of hydrogen-bond acceptors (Lipinski definition) is 4. The quantitative estimate of drug-likeness (QED) is 0.840. The van der Waals surface area contributed by atoms with Crippen molar-refractivity contribution in [2.75, 3.05) is 18.5 Å². The van der Waals surface area contributed by atoms with Crippen molar-refractivity contribution < 1.29 is 9.90 Å². The molecule has 15 heavy (non-hydrogen) atoms. The second-order valence-corrected chi connectivity index (χ2v) is 4.47. The number of carbonyl (C=O) groups is 1. The molecule has 0 fully saturated rings. The Kier molecular flexibility index (Phi) is 4.08. The minimum atomic E-state index is -0.889. The highest BCUT2D eigenvalue weighted by Crippen LogP contribution is 2.25. The van der Waals surface area contributed by atoms with Crippen molar-refractivity contribution in [2.24, 2.45) is 0 Å². The first-order valence-corrected chi connectivity index (χ1v) is 5.79. The van der Waals surface area contributed by atoms with E-state index < -0.39 is 5.97 Å². The van der Waals surface area contributed by atoms with Crippen LogP contribution in [0.1, 0.15) is 35.1 Å². The maximum absolute atomic E-state index is 10.8. The number of aryl methyl sites for hydroxylation is 1. The standard InChI is InChI=1S/C10H16N2O2S/c1-4-5-6-12(3)10-11-7(2)8(15-10)9(13)14/h4-6H2,1-3H3,(H,13,14). The van der Waals surface area contributed by atoms with Gasteiger partial charge in [-0.1, -0.05) is 24.7 Å². The third-order valence-electron chi connectivity index (χ3n) is 2.15. The number of aromatic carboxylic acids is 1. The van der Waals surface area contributed by atoms with Gasteiger partial charge >= 0.3 is 5.97 Å². The SMILES string of the molecule is CCCCN(C)c1nc(C)c(C(=O)O)s1. The van der Waals surface area contributed by atoms with Crippen LogP contribution in [0.5, 0.6) is 0 Å². The van der Waals surface area contributed by atoms with E-state index in [0.717, 1.165) is 24.5 Å². The summed E-state index contributed by atoms with van der Waals surface area (Å²) in [5, 5.41) is 9.68. The highest BCUT2D eigenvalue weighted by molar-refractivity contribution is 7.17. The minimum absolute atomic E-state index is 0.341. The van der Waals surface area contributed by atoms with E-state index >= 15 is 0 Å². The summed E-state index contributed by atoms with van der Waals surface area (Å²) in [5.74, 6) is -0.889. The molecule has 0 bridgehead atoms. The van der Waals surface area contributed by atoms with Gasteiger partial charge in [-0.3, -0.25) is 0 Å². The van der Waals surface area contributed by atoms with E-state index in [9.17, 15) is 4.79 Å². The Hall–Kier alpha value is -1.10. The van der Waals surface area contributed by atoms with Gasteiger partial charge in [0, 0.05) is 13.6 Å². The van der Waals surface area contributed by atoms with Gasteiger partial charge in [-0.15, -0.1) is 0 Å². The van der Waals surface area contributed by atoms with Crippen LogP contribution >= 0.6 is 11.3 Å². The largest absolute Gasteiger partial charge is 0.477 e. The lowest BCUT2D eigenvalue weighted by molar-refractivity contribution is 0.0701. The van der Waals surface area contributed by atoms with Crippen molar-refractivity contribution in [1.29, 1.82) is 0 Å². The Balaban J connectivity index is 2.78. The monoisotopic (exact) mass is 228 g/mol. The first kappa shape index (κ1) is 12.0. The number of nitrogens with zero attached hydrogens (tertiary/aromatic N) is 2. The van der Waals surface area contributed by atoms with Crippen LogP contribution in [0.2, 0.25) is 0 Å². The van der Waals surface area contributed by atoms with Crippen LogP contribution in [0.4, 0.5) is 5.13 Å². The molecule has 0 amide bonds. The third kappa shape index (κ3) is 2.92. The van der Waals surface area contributed by atoms with Gasteiger partial charge in [-0.25, -0.2) is 9.78 Å². The summed E-state index contributed by atoms with van der Waals surface area (Å²) < 4.78 is 0. The third-order valence-corrected chi connectivity index (χ3v) is 3.41. The summed E-state index contributed by atoms with van der Waals surface area (Å²) in [6.07, 6.45) is 2.22. The van der Waals surface area contributed by atoms with Crippen molar-refractivity contribution in [3.63, 3.8) is 0 Å². The summed E-state index contributed by atoms with van der Waals surface area (Å²) in [7, 11) is 1.94.